The minimum absolute atomic E-state index is 0.388. The highest BCUT2D eigenvalue weighted by molar-refractivity contribution is 6.33. The Bertz CT molecular complexity index is 586. The van der Waals surface area contributed by atoms with Gasteiger partial charge in [0.2, 0.25) is 0 Å². The zero-order chi connectivity index (χ0) is 13.9. The maximum Gasteiger partial charge on any atom is 0.0642 e. The summed E-state index contributed by atoms with van der Waals surface area (Å²) in [4.78, 5) is 6.48. The minimum atomic E-state index is 0.388. The molecule has 1 aliphatic heterocycles. The van der Waals surface area contributed by atoms with Crippen LogP contribution in [0.4, 0.5) is 5.69 Å². The number of hydrogen-bond donors (Lipinski definition) is 1. The number of rotatable bonds is 3. The third-order valence-corrected chi connectivity index (χ3v) is 4.20. The van der Waals surface area contributed by atoms with E-state index in [1.54, 1.807) is 0 Å². The fourth-order valence-electron chi connectivity index (χ4n) is 2.90. The van der Waals surface area contributed by atoms with Gasteiger partial charge >= 0.3 is 0 Å². The van der Waals surface area contributed by atoms with Crippen molar-refractivity contribution in [1.29, 1.82) is 0 Å². The van der Waals surface area contributed by atoms with Gasteiger partial charge in [-0.2, -0.15) is 0 Å². The largest absolute Gasteiger partial charge is 0.363 e. The van der Waals surface area contributed by atoms with E-state index >= 15 is 0 Å². The predicted octanol–water partition coefficient (Wildman–Crippen LogP) is 3.54. The van der Waals surface area contributed by atoms with E-state index in [9.17, 15) is 0 Å². The zero-order valence-electron chi connectivity index (χ0n) is 11.3. The van der Waals surface area contributed by atoms with E-state index in [1.165, 1.54) is 12.0 Å². The molecule has 1 fully saturated rings. The summed E-state index contributed by atoms with van der Waals surface area (Å²) in [5.74, 6) is 0. The van der Waals surface area contributed by atoms with E-state index in [-0.39, 0.29) is 0 Å². The molecular weight excluding hydrogens is 270 g/mol. The lowest BCUT2D eigenvalue weighted by Gasteiger charge is -2.28. The van der Waals surface area contributed by atoms with Gasteiger partial charge < -0.3 is 10.6 Å². The molecule has 1 aromatic heterocycles. The van der Waals surface area contributed by atoms with E-state index in [0.717, 1.165) is 29.2 Å². The summed E-state index contributed by atoms with van der Waals surface area (Å²) in [6, 6.07) is 10.7. The Morgan fingerprint density at radius 3 is 2.75 bits per heavy atom. The van der Waals surface area contributed by atoms with Crippen LogP contribution in [-0.2, 0) is 6.54 Å². The molecule has 1 aromatic carbocycles. The van der Waals surface area contributed by atoms with Gasteiger partial charge in [-0.25, -0.2) is 0 Å². The fourth-order valence-corrected chi connectivity index (χ4v) is 3.21. The Morgan fingerprint density at radius 2 is 2.05 bits per heavy atom. The van der Waals surface area contributed by atoms with Crippen molar-refractivity contribution in [3.63, 3.8) is 0 Å². The molecule has 4 heteroatoms. The number of halogens is 1. The molecule has 104 valence electrons. The van der Waals surface area contributed by atoms with E-state index in [1.807, 2.05) is 18.5 Å². The molecule has 3 nitrogen and oxygen atoms in total. The highest BCUT2D eigenvalue weighted by Crippen LogP contribution is 2.39. The van der Waals surface area contributed by atoms with Gasteiger partial charge in [0, 0.05) is 25.5 Å². The molecule has 0 aliphatic carbocycles. The van der Waals surface area contributed by atoms with Crippen LogP contribution in [0.1, 0.15) is 30.0 Å². The third kappa shape index (κ3) is 2.51. The van der Waals surface area contributed by atoms with Crippen LogP contribution in [0.15, 0.2) is 42.7 Å². The minimum Gasteiger partial charge on any atom is -0.363 e. The van der Waals surface area contributed by atoms with Crippen LogP contribution in [0, 0.1) is 0 Å². The van der Waals surface area contributed by atoms with E-state index < -0.39 is 0 Å². The monoisotopic (exact) mass is 287 g/mol. The normalized spacial score (nSPS) is 18.5. The molecule has 2 N–H and O–H groups in total. The van der Waals surface area contributed by atoms with Crippen molar-refractivity contribution >= 4 is 17.3 Å². The summed E-state index contributed by atoms with van der Waals surface area (Å²) in [5, 5.41) is 0.786. The number of nitrogens with zero attached hydrogens (tertiary/aromatic N) is 2. The molecule has 0 spiro atoms. The molecule has 20 heavy (non-hydrogen) atoms. The first-order valence-corrected chi connectivity index (χ1v) is 7.32. The fraction of sp³-hybridized carbons (Fsp3) is 0.312. The zero-order valence-corrected chi connectivity index (χ0v) is 12.1. The van der Waals surface area contributed by atoms with Crippen LogP contribution in [-0.4, -0.2) is 11.5 Å². The number of benzene rings is 1. The summed E-state index contributed by atoms with van der Waals surface area (Å²) in [6.07, 6.45) is 6.04. The van der Waals surface area contributed by atoms with Gasteiger partial charge in [-0.05, 0) is 48.2 Å². The molecule has 1 unspecified atom stereocenters. The van der Waals surface area contributed by atoms with Gasteiger partial charge in [0.15, 0.2) is 0 Å². The second kappa shape index (κ2) is 5.81. The Hall–Kier alpha value is -1.58. The molecule has 1 saturated heterocycles. The van der Waals surface area contributed by atoms with Gasteiger partial charge in [-0.3, -0.25) is 4.98 Å². The van der Waals surface area contributed by atoms with Crippen molar-refractivity contribution in [3.8, 4) is 0 Å². The van der Waals surface area contributed by atoms with Crippen LogP contribution < -0.4 is 10.6 Å². The highest BCUT2D eigenvalue weighted by Gasteiger charge is 2.27. The lowest BCUT2D eigenvalue weighted by molar-refractivity contribution is 0.718. The van der Waals surface area contributed by atoms with Crippen LogP contribution in [0.3, 0.4) is 0 Å². The number of nitrogens with two attached hydrogens (primary N) is 1. The smallest absolute Gasteiger partial charge is 0.0642 e. The van der Waals surface area contributed by atoms with Gasteiger partial charge in [0.05, 0.1) is 16.8 Å². The number of hydrogen-bond acceptors (Lipinski definition) is 3. The van der Waals surface area contributed by atoms with Gasteiger partial charge in [-0.15, -0.1) is 0 Å². The van der Waals surface area contributed by atoms with Gasteiger partial charge in [0.25, 0.3) is 0 Å². The average molecular weight is 288 g/mol. The quantitative estimate of drug-likeness (QED) is 0.939. The van der Waals surface area contributed by atoms with E-state index in [2.05, 4.69) is 34.1 Å². The van der Waals surface area contributed by atoms with Crippen molar-refractivity contribution in [2.24, 2.45) is 5.73 Å². The topological polar surface area (TPSA) is 42.1 Å². The summed E-state index contributed by atoms with van der Waals surface area (Å²) in [7, 11) is 0. The Labute approximate surface area is 124 Å². The maximum atomic E-state index is 6.43. The summed E-state index contributed by atoms with van der Waals surface area (Å²) in [6.45, 7) is 1.56. The Morgan fingerprint density at radius 1 is 1.25 bits per heavy atom. The van der Waals surface area contributed by atoms with Crippen LogP contribution in [0.5, 0.6) is 0 Å². The lowest BCUT2D eigenvalue weighted by atomic mass is 10.1. The molecule has 0 saturated carbocycles. The first-order valence-electron chi connectivity index (χ1n) is 6.94. The molecule has 2 heterocycles. The molecule has 1 aliphatic rings. The Kier molecular flexibility index (Phi) is 3.90. The SMILES string of the molecule is NCc1ccc(N2CCCC2c2ccncc2)c(Cl)c1. The van der Waals surface area contributed by atoms with Crippen molar-refractivity contribution in [1.82, 2.24) is 4.98 Å². The summed E-state index contributed by atoms with van der Waals surface area (Å²) in [5.41, 5.74) is 9.13. The number of pyridine rings is 1. The molecule has 1 atom stereocenters. The van der Waals surface area contributed by atoms with Crippen LogP contribution >= 0.6 is 11.6 Å². The van der Waals surface area contributed by atoms with E-state index in [4.69, 9.17) is 17.3 Å². The molecule has 2 aromatic rings. The third-order valence-electron chi connectivity index (χ3n) is 3.90. The van der Waals surface area contributed by atoms with Crippen LogP contribution in [0.2, 0.25) is 5.02 Å². The standard InChI is InChI=1S/C16H18ClN3/c17-14-10-12(11-18)3-4-16(14)20-9-1-2-15(20)13-5-7-19-8-6-13/h3-8,10,15H,1-2,9,11,18H2. The molecule has 3 rings (SSSR count). The van der Waals surface area contributed by atoms with E-state index in [0.29, 0.717) is 12.6 Å². The number of aromatic nitrogens is 1. The maximum absolute atomic E-state index is 6.43. The molecule has 0 amide bonds. The molecule has 0 radical (unpaired) electrons. The highest BCUT2D eigenvalue weighted by atomic mass is 35.5. The van der Waals surface area contributed by atoms with Crippen molar-refractivity contribution < 1.29 is 0 Å². The Balaban J connectivity index is 1.93. The molecular formula is C16H18ClN3. The second-order valence-corrected chi connectivity index (χ2v) is 5.53. The predicted molar refractivity (Wildman–Crippen MR) is 82.9 cm³/mol. The second-order valence-electron chi connectivity index (χ2n) is 5.12. The first-order chi connectivity index (χ1) is 9.79. The van der Waals surface area contributed by atoms with Crippen molar-refractivity contribution in [2.75, 3.05) is 11.4 Å². The average Bonchev–Trinajstić information content (AvgIpc) is 2.97. The van der Waals surface area contributed by atoms with Crippen molar-refractivity contribution in [3.05, 3.63) is 58.9 Å². The first kappa shape index (κ1) is 13.4. The van der Waals surface area contributed by atoms with Gasteiger partial charge in [0.1, 0.15) is 0 Å². The van der Waals surface area contributed by atoms with Gasteiger partial charge in [-0.1, -0.05) is 17.7 Å². The summed E-state index contributed by atoms with van der Waals surface area (Å²) >= 11 is 6.43. The van der Waals surface area contributed by atoms with Crippen LogP contribution in [0.25, 0.3) is 0 Å². The lowest BCUT2D eigenvalue weighted by Crippen LogP contribution is -2.22. The number of anilines is 1. The molecule has 0 bridgehead atoms. The van der Waals surface area contributed by atoms with Crippen molar-refractivity contribution in [2.45, 2.75) is 25.4 Å². The summed E-state index contributed by atoms with van der Waals surface area (Å²) < 4.78 is 0.